The molecule has 1 aromatic carbocycles. The van der Waals surface area contributed by atoms with Crippen molar-refractivity contribution in [1.29, 1.82) is 0 Å². The van der Waals surface area contributed by atoms with E-state index in [1.807, 2.05) is 0 Å². The molecule has 2 aliphatic rings. The van der Waals surface area contributed by atoms with Gasteiger partial charge in [-0.15, -0.1) is 0 Å². The highest BCUT2D eigenvalue weighted by Crippen LogP contribution is 2.39. The molecule has 1 heterocycles. The Morgan fingerprint density at radius 3 is 2.18 bits per heavy atom. The molecule has 0 unspecified atom stereocenters. The lowest BCUT2D eigenvalue weighted by Gasteiger charge is -2.34. The SMILES string of the molecule is C[C@@H]1C[C@@H]1C(=O)N1CCN(S(=O)(=O)c2ccc(F)cc2)CC1. The Hall–Kier alpha value is -1.47. The Morgan fingerprint density at radius 1 is 1.14 bits per heavy atom. The number of carbonyl (C=O) groups excluding carboxylic acids is 1. The number of benzene rings is 1. The Balaban J connectivity index is 1.65. The summed E-state index contributed by atoms with van der Waals surface area (Å²) in [6.07, 6.45) is 0.937. The molecular formula is C15H19FN2O3S. The molecule has 1 aliphatic carbocycles. The fraction of sp³-hybridized carbons (Fsp3) is 0.533. The van der Waals surface area contributed by atoms with Gasteiger partial charge in [0.05, 0.1) is 4.90 Å². The average Bonchev–Trinajstić information content (AvgIpc) is 3.24. The molecule has 120 valence electrons. The standard InChI is InChI=1S/C15H19FN2O3S/c1-11-10-14(11)15(19)17-6-8-18(9-7-17)22(20,21)13-4-2-12(16)3-5-13/h2-5,11,14H,6-10H2,1H3/t11-,14+/m1/s1. The first-order chi connectivity index (χ1) is 10.4. The zero-order valence-electron chi connectivity index (χ0n) is 12.4. The van der Waals surface area contributed by atoms with Crippen LogP contribution >= 0.6 is 0 Å². The lowest BCUT2D eigenvalue weighted by molar-refractivity contribution is -0.134. The summed E-state index contributed by atoms with van der Waals surface area (Å²) >= 11 is 0. The molecule has 5 nitrogen and oxygen atoms in total. The molecule has 1 amide bonds. The lowest BCUT2D eigenvalue weighted by Crippen LogP contribution is -2.51. The summed E-state index contributed by atoms with van der Waals surface area (Å²) in [5.74, 6) is 0.257. The van der Waals surface area contributed by atoms with Crippen molar-refractivity contribution in [3.05, 3.63) is 30.1 Å². The Kier molecular flexibility index (Phi) is 3.94. The van der Waals surface area contributed by atoms with Crippen LogP contribution in [0.25, 0.3) is 0 Å². The Labute approximate surface area is 129 Å². The molecule has 22 heavy (non-hydrogen) atoms. The second kappa shape index (κ2) is 5.62. The molecule has 7 heteroatoms. The third-order valence-corrected chi connectivity index (χ3v) is 6.34. The van der Waals surface area contributed by atoms with Crippen LogP contribution in [-0.2, 0) is 14.8 Å². The third kappa shape index (κ3) is 2.87. The molecule has 0 spiro atoms. The second-order valence-corrected chi connectivity index (χ2v) is 7.94. The number of amides is 1. The van der Waals surface area contributed by atoms with E-state index in [9.17, 15) is 17.6 Å². The highest BCUT2D eigenvalue weighted by Gasteiger charge is 2.42. The predicted octanol–water partition coefficient (Wildman–Crippen LogP) is 1.31. The van der Waals surface area contributed by atoms with Crippen molar-refractivity contribution in [2.45, 2.75) is 18.2 Å². The van der Waals surface area contributed by atoms with Crippen LogP contribution in [0, 0.1) is 17.7 Å². The van der Waals surface area contributed by atoms with Gasteiger partial charge in [-0.05, 0) is 36.6 Å². The van der Waals surface area contributed by atoms with Gasteiger partial charge < -0.3 is 4.90 Å². The van der Waals surface area contributed by atoms with Crippen LogP contribution in [0.15, 0.2) is 29.2 Å². The van der Waals surface area contributed by atoms with Gasteiger partial charge in [-0.2, -0.15) is 4.31 Å². The highest BCUT2D eigenvalue weighted by molar-refractivity contribution is 7.89. The lowest BCUT2D eigenvalue weighted by atomic mass is 10.2. The molecule has 0 radical (unpaired) electrons. The van der Waals surface area contributed by atoms with Crippen LogP contribution in [0.2, 0.25) is 0 Å². The zero-order valence-corrected chi connectivity index (χ0v) is 13.2. The quantitative estimate of drug-likeness (QED) is 0.842. The number of piperazine rings is 1. The molecule has 0 aromatic heterocycles. The number of halogens is 1. The van der Waals surface area contributed by atoms with Gasteiger partial charge in [0.25, 0.3) is 0 Å². The van der Waals surface area contributed by atoms with E-state index in [4.69, 9.17) is 0 Å². The summed E-state index contributed by atoms with van der Waals surface area (Å²) in [5.41, 5.74) is 0. The van der Waals surface area contributed by atoms with Crippen molar-refractivity contribution in [3.8, 4) is 0 Å². The second-order valence-electron chi connectivity index (χ2n) is 6.00. The fourth-order valence-corrected chi connectivity index (χ4v) is 4.23. The van der Waals surface area contributed by atoms with Gasteiger partial charge in [-0.1, -0.05) is 6.92 Å². The molecule has 1 saturated heterocycles. The van der Waals surface area contributed by atoms with Gasteiger partial charge >= 0.3 is 0 Å². The number of sulfonamides is 1. The molecule has 3 rings (SSSR count). The number of carbonyl (C=O) groups is 1. The largest absolute Gasteiger partial charge is 0.340 e. The number of rotatable bonds is 3. The maximum atomic E-state index is 12.9. The van der Waals surface area contributed by atoms with Crippen LogP contribution < -0.4 is 0 Å². The summed E-state index contributed by atoms with van der Waals surface area (Å²) in [7, 11) is -3.61. The molecule has 1 aromatic rings. The fourth-order valence-electron chi connectivity index (χ4n) is 2.81. The molecular weight excluding hydrogens is 307 g/mol. The van der Waals surface area contributed by atoms with E-state index in [1.165, 1.54) is 16.4 Å². The van der Waals surface area contributed by atoms with E-state index in [0.717, 1.165) is 18.6 Å². The first kappa shape index (κ1) is 15.4. The van der Waals surface area contributed by atoms with Gasteiger partial charge in [0.15, 0.2) is 0 Å². The van der Waals surface area contributed by atoms with Crippen LogP contribution in [0.1, 0.15) is 13.3 Å². The maximum absolute atomic E-state index is 12.9. The van der Waals surface area contributed by atoms with E-state index >= 15 is 0 Å². The zero-order chi connectivity index (χ0) is 15.9. The van der Waals surface area contributed by atoms with Crippen molar-refractivity contribution in [3.63, 3.8) is 0 Å². The van der Waals surface area contributed by atoms with Crippen LogP contribution in [-0.4, -0.2) is 49.7 Å². The minimum absolute atomic E-state index is 0.0875. The first-order valence-electron chi connectivity index (χ1n) is 7.44. The minimum atomic E-state index is -3.61. The van der Waals surface area contributed by atoms with E-state index in [0.29, 0.717) is 19.0 Å². The molecule has 0 N–H and O–H groups in total. The van der Waals surface area contributed by atoms with Crippen molar-refractivity contribution in [1.82, 2.24) is 9.21 Å². The van der Waals surface area contributed by atoms with Gasteiger partial charge in [0.2, 0.25) is 15.9 Å². The minimum Gasteiger partial charge on any atom is -0.340 e. The van der Waals surface area contributed by atoms with Crippen molar-refractivity contribution in [2.75, 3.05) is 26.2 Å². The monoisotopic (exact) mass is 326 g/mol. The van der Waals surface area contributed by atoms with Gasteiger partial charge in [-0.25, -0.2) is 12.8 Å². The van der Waals surface area contributed by atoms with Crippen molar-refractivity contribution in [2.24, 2.45) is 11.8 Å². The summed E-state index contributed by atoms with van der Waals surface area (Å²) in [6, 6.07) is 4.82. The maximum Gasteiger partial charge on any atom is 0.243 e. The van der Waals surface area contributed by atoms with Crippen LogP contribution in [0.3, 0.4) is 0 Å². The van der Waals surface area contributed by atoms with E-state index in [-0.39, 0.29) is 29.8 Å². The number of hydrogen-bond acceptors (Lipinski definition) is 3. The normalized spacial score (nSPS) is 26.0. The Bertz CT molecular complexity index is 667. The van der Waals surface area contributed by atoms with Crippen LogP contribution in [0.4, 0.5) is 4.39 Å². The molecule has 2 atom stereocenters. The topological polar surface area (TPSA) is 57.7 Å². The van der Waals surface area contributed by atoms with E-state index in [2.05, 4.69) is 6.92 Å². The number of hydrogen-bond donors (Lipinski definition) is 0. The predicted molar refractivity (Wildman–Crippen MR) is 79.0 cm³/mol. The van der Waals surface area contributed by atoms with Crippen molar-refractivity contribution >= 4 is 15.9 Å². The van der Waals surface area contributed by atoms with Crippen molar-refractivity contribution < 1.29 is 17.6 Å². The van der Waals surface area contributed by atoms with Gasteiger partial charge in [0, 0.05) is 32.1 Å². The number of nitrogens with zero attached hydrogens (tertiary/aromatic N) is 2. The third-order valence-electron chi connectivity index (χ3n) is 4.43. The van der Waals surface area contributed by atoms with Crippen LogP contribution in [0.5, 0.6) is 0 Å². The Morgan fingerprint density at radius 2 is 1.68 bits per heavy atom. The molecule has 1 saturated carbocycles. The molecule has 1 aliphatic heterocycles. The van der Waals surface area contributed by atoms with E-state index in [1.54, 1.807) is 4.90 Å². The van der Waals surface area contributed by atoms with Gasteiger partial charge in [-0.3, -0.25) is 4.79 Å². The van der Waals surface area contributed by atoms with Gasteiger partial charge in [0.1, 0.15) is 5.82 Å². The highest BCUT2D eigenvalue weighted by atomic mass is 32.2. The summed E-state index contributed by atoms with van der Waals surface area (Å²) in [6.45, 7) is 3.46. The molecule has 2 fully saturated rings. The average molecular weight is 326 g/mol. The summed E-state index contributed by atoms with van der Waals surface area (Å²) < 4.78 is 39.2. The molecule has 0 bridgehead atoms. The van der Waals surface area contributed by atoms with E-state index < -0.39 is 15.8 Å². The first-order valence-corrected chi connectivity index (χ1v) is 8.88. The smallest absolute Gasteiger partial charge is 0.243 e. The summed E-state index contributed by atoms with van der Waals surface area (Å²) in [4.78, 5) is 14.0. The summed E-state index contributed by atoms with van der Waals surface area (Å²) in [5, 5.41) is 0.